The van der Waals surface area contributed by atoms with Crippen LogP contribution in [0, 0.1) is 17.0 Å². The minimum atomic E-state index is -0.382. The zero-order valence-corrected chi connectivity index (χ0v) is 14.6. The number of anilines is 2. The molecule has 3 amide bonds. The van der Waals surface area contributed by atoms with Crippen molar-refractivity contribution in [1.82, 2.24) is 4.90 Å². The molecule has 27 heavy (non-hydrogen) atoms. The molecule has 4 rings (SSSR count). The lowest BCUT2D eigenvalue weighted by molar-refractivity contribution is -0.117. The number of hydrogen-bond donors (Lipinski definition) is 1. The molecule has 2 aromatic rings. The molecular weight excluding hydrogens is 352 g/mol. The Morgan fingerprint density at radius 2 is 1.81 bits per heavy atom. The van der Waals surface area contributed by atoms with Crippen LogP contribution < -0.4 is 10.2 Å². The van der Waals surface area contributed by atoms with Gasteiger partial charge in [0.2, 0.25) is 5.91 Å². The van der Waals surface area contributed by atoms with Crippen molar-refractivity contribution in [3.8, 4) is 0 Å². The van der Waals surface area contributed by atoms with Crippen molar-refractivity contribution in [2.45, 2.75) is 12.8 Å². The maximum atomic E-state index is 13.5. The minimum absolute atomic E-state index is 0.0543. The van der Waals surface area contributed by atoms with Gasteiger partial charge in [0.15, 0.2) is 0 Å². The van der Waals surface area contributed by atoms with Crippen LogP contribution in [0.3, 0.4) is 0 Å². The van der Waals surface area contributed by atoms with Crippen LogP contribution in [0.15, 0.2) is 48.5 Å². The first-order valence-corrected chi connectivity index (χ1v) is 8.82. The fourth-order valence-electron chi connectivity index (χ4n) is 3.89. The summed E-state index contributed by atoms with van der Waals surface area (Å²) < 4.78 is 26.5. The first-order chi connectivity index (χ1) is 12.9. The third-order valence-electron chi connectivity index (χ3n) is 5.26. The summed E-state index contributed by atoms with van der Waals surface area (Å²) in [4.78, 5) is 28.3. The Bertz CT molecular complexity index is 887. The van der Waals surface area contributed by atoms with Crippen LogP contribution in [0.4, 0.5) is 25.0 Å². The van der Waals surface area contributed by atoms with Crippen LogP contribution in [-0.2, 0) is 4.79 Å². The number of amides is 3. The molecule has 0 saturated carbocycles. The van der Waals surface area contributed by atoms with Crippen molar-refractivity contribution in [1.29, 1.82) is 0 Å². The van der Waals surface area contributed by atoms with E-state index in [1.54, 1.807) is 21.9 Å². The van der Waals surface area contributed by atoms with E-state index in [2.05, 4.69) is 5.32 Å². The van der Waals surface area contributed by atoms with Gasteiger partial charge in [-0.1, -0.05) is 6.07 Å². The van der Waals surface area contributed by atoms with E-state index in [0.29, 0.717) is 43.9 Å². The van der Waals surface area contributed by atoms with Crippen LogP contribution >= 0.6 is 0 Å². The molecule has 7 heteroatoms. The smallest absolute Gasteiger partial charge is 0.321 e. The number of halogens is 2. The number of benzene rings is 2. The molecule has 1 spiro atoms. The summed E-state index contributed by atoms with van der Waals surface area (Å²) in [6.45, 7) is 1.46. The van der Waals surface area contributed by atoms with Gasteiger partial charge in [0.05, 0.1) is 0 Å². The molecule has 2 aliphatic heterocycles. The van der Waals surface area contributed by atoms with Gasteiger partial charge in [-0.3, -0.25) is 4.79 Å². The molecule has 0 unspecified atom stereocenters. The van der Waals surface area contributed by atoms with Gasteiger partial charge >= 0.3 is 6.03 Å². The molecule has 0 aliphatic carbocycles. The Balaban J connectivity index is 1.43. The number of rotatable bonds is 2. The second-order valence-electron chi connectivity index (χ2n) is 7.25. The van der Waals surface area contributed by atoms with Gasteiger partial charge in [-0.15, -0.1) is 0 Å². The molecule has 0 bridgehead atoms. The molecule has 1 N–H and O–H groups in total. The van der Waals surface area contributed by atoms with Crippen molar-refractivity contribution >= 4 is 23.3 Å². The number of nitrogens with zero attached hydrogens (tertiary/aromatic N) is 2. The Hall–Kier alpha value is -2.96. The number of carbonyl (C=O) groups is 2. The molecule has 2 aliphatic rings. The fourth-order valence-corrected chi connectivity index (χ4v) is 3.89. The Morgan fingerprint density at radius 3 is 2.56 bits per heavy atom. The van der Waals surface area contributed by atoms with Crippen molar-refractivity contribution in [3.05, 3.63) is 60.2 Å². The lowest BCUT2D eigenvalue weighted by atomic mass is 9.86. The average Bonchev–Trinajstić information content (AvgIpc) is 3.20. The van der Waals surface area contributed by atoms with E-state index in [1.165, 1.54) is 36.4 Å². The summed E-state index contributed by atoms with van der Waals surface area (Å²) in [5.74, 6) is -0.801. The Labute approximate surface area is 155 Å². The highest BCUT2D eigenvalue weighted by molar-refractivity contribution is 5.97. The number of likely N-dealkylation sites (tertiary alicyclic amines) is 1. The predicted molar refractivity (Wildman–Crippen MR) is 97.4 cm³/mol. The molecular formula is C20H19F2N3O2. The highest BCUT2D eigenvalue weighted by atomic mass is 19.1. The molecule has 0 aromatic heterocycles. The highest BCUT2D eigenvalue weighted by Crippen LogP contribution is 2.42. The maximum absolute atomic E-state index is 13.5. The molecule has 5 nitrogen and oxygen atoms in total. The second-order valence-corrected chi connectivity index (χ2v) is 7.25. The fraction of sp³-hybridized carbons (Fsp3) is 0.300. The van der Waals surface area contributed by atoms with Crippen molar-refractivity contribution in [2.24, 2.45) is 5.41 Å². The van der Waals surface area contributed by atoms with Crippen LogP contribution in [0.25, 0.3) is 0 Å². The van der Waals surface area contributed by atoms with E-state index in [0.717, 1.165) is 0 Å². The lowest BCUT2D eigenvalue weighted by Crippen LogP contribution is -2.36. The summed E-state index contributed by atoms with van der Waals surface area (Å²) in [6.07, 6.45) is 1.05. The summed E-state index contributed by atoms with van der Waals surface area (Å²) in [6, 6.07) is 11.3. The summed E-state index contributed by atoms with van der Waals surface area (Å²) in [7, 11) is 0. The SMILES string of the molecule is O=C(Nc1ccc(F)cc1)N1CC[C@@]2(CC(=O)N(c3cccc(F)c3)C2)C1. The van der Waals surface area contributed by atoms with Crippen LogP contribution in [-0.4, -0.2) is 36.5 Å². The highest BCUT2D eigenvalue weighted by Gasteiger charge is 2.48. The molecule has 0 radical (unpaired) electrons. The van der Waals surface area contributed by atoms with E-state index in [-0.39, 0.29) is 29.0 Å². The second kappa shape index (κ2) is 6.64. The first-order valence-electron chi connectivity index (χ1n) is 8.82. The molecule has 2 saturated heterocycles. The molecule has 1 atom stereocenters. The van der Waals surface area contributed by atoms with Gasteiger partial charge in [0, 0.05) is 42.8 Å². The third-order valence-corrected chi connectivity index (χ3v) is 5.26. The predicted octanol–water partition coefficient (Wildman–Crippen LogP) is 3.63. The van der Waals surface area contributed by atoms with Crippen molar-refractivity contribution in [2.75, 3.05) is 29.9 Å². The van der Waals surface area contributed by atoms with E-state index < -0.39 is 0 Å². The number of hydrogen-bond acceptors (Lipinski definition) is 2. The normalized spacial score (nSPS) is 21.9. The van der Waals surface area contributed by atoms with Crippen LogP contribution in [0.5, 0.6) is 0 Å². The first kappa shape index (κ1) is 17.5. The van der Waals surface area contributed by atoms with E-state index in [1.807, 2.05) is 0 Å². The number of nitrogens with one attached hydrogen (secondary N) is 1. The Morgan fingerprint density at radius 1 is 1.04 bits per heavy atom. The minimum Gasteiger partial charge on any atom is -0.324 e. The third kappa shape index (κ3) is 3.49. The standard InChI is InChI=1S/C20H19F2N3O2/c21-14-4-6-16(7-5-14)23-19(27)24-9-8-20(12-24)11-18(26)25(13-20)17-3-1-2-15(22)10-17/h1-7,10H,8-9,11-13H2,(H,23,27)/t20-/m1/s1. The molecule has 2 heterocycles. The summed E-state index contributed by atoms with van der Waals surface area (Å²) >= 11 is 0. The van der Waals surface area contributed by atoms with Gasteiger partial charge in [-0.25, -0.2) is 13.6 Å². The van der Waals surface area contributed by atoms with Crippen molar-refractivity contribution < 1.29 is 18.4 Å². The Kier molecular flexibility index (Phi) is 4.30. The van der Waals surface area contributed by atoms with Gasteiger partial charge in [-0.2, -0.15) is 0 Å². The zero-order valence-electron chi connectivity index (χ0n) is 14.6. The van der Waals surface area contributed by atoms with Crippen LogP contribution in [0.2, 0.25) is 0 Å². The quantitative estimate of drug-likeness (QED) is 0.877. The van der Waals surface area contributed by atoms with Gasteiger partial charge in [-0.05, 0) is 48.9 Å². The topological polar surface area (TPSA) is 52.7 Å². The van der Waals surface area contributed by atoms with Gasteiger partial charge in [0.25, 0.3) is 0 Å². The number of carbonyl (C=O) groups excluding carboxylic acids is 2. The monoisotopic (exact) mass is 371 g/mol. The van der Waals surface area contributed by atoms with E-state index >= 15 is 0 Å². The number of urea groups is 1. The van der Waals surface area contributed by atoms with Gasteiger partial charge in [0.1, 0.15) is 11.6 Å². The van der Waals surface area contributed by atoms with E-state index in [4.69, 9.17) is 0 Å². The molecule has 2 aromatic carbocycles. The van der Waals surface area contributed by atoms with E-state index in [9.17, 15) is 18.4 Å². The summed E-state index contributed by atoms with van der Waals surface area (Å²) in [5.41, 5.74) is 0.751. The molecule has 2 fully saturated rings. The maximum Gasteiger partial charge on any atom is 0.321 e. The van der Waals surface area contributed by atoms with Crippen LogP contribution in [0.1, 0.15) is 12.8 Å². The van der Waals surface area contributed by atoms with Crippen molar-refractivity contribution in [3.63, 3.8) is 0 Å². The lowest BCUT2D eigenvalue weighted by Gasteiger charge is -2.24. The summed E-state index contributed by atoms with van der Waals surface area (Å²) in [5, 5.41) is 2.75. The average molecular weight is 371 g/mol. The largest absolute Gasteiger partial charge is 0.324 e. The van der Waals surface area contributed by atoms with Gasteiger partial charge < -0.3 is 15.1 Å². The zero-order chi connectivity index (χ0) is 19.0. The molecule has 140 valence electrons.